The molecule has 0 unspecified atom stereocenters. The van der Waals surface area contributed by atoms with Gasteiger partial charge in [0.2, 0.25) is 0 Å². The summed E-state index contributed by atoms with van der Waals surface area (Å²) in [5, 5.41) is 1.33. The Hall–Kier alpha value is -1.31. The number of carbonyl (C=O) groups is 1. The highest BCUT2D eigenvalue weighted by molar-refractivity contribution is 7.91. The zero-order valence-corrected chi connectivity index (χ0v) is 13.4. The van der Waals surface area contributed by atoms with Gasteiger partial charge < -0.3 is 10.6 Å². The van der Waals surface area contributed by atoms with E-state index in [0.717, 1.165) is 10.1 Å². The Morgan fingerprint density at radius 3 is 2.62 bits per heavy atom. The molecule has 0 spiro atoms. The van der Waals surface area contributed by atoms with Crippen LogP contribution in [0.3, 0.4) is 0 Å². The summed E-state index contributed by atoms with van der Waals surface area (Å²) in [6.07, 6.45) is 0. The number of carbonyl (C=O) groups excluding carboxylic acids is 1. The minimum Gasteiger partial charge on any atom is -0.397 e. The Balaban J connectivity index is 1.93. The monoisotopic (exact) mass is 344 g/mol. The van der Waals surface area contributed by atoms with E-state index in [1.54, 1.807) is 17.0 Å². The van der Waals surface area contributed by atoms with E-state index < -0.39 is 9.84 Å². The predicted molar refractivity (Wildman–Crippen MR) is 85.8 cm³/mol. The minimum absolute atomic E-state index is 0.00929. The molecule has 3 rings (SSSR count). The number of fused-ring (bicyclic) bond motifs is 1. The lowest BCUT2D eigenvalue weighted by molar-refractivity contribution is 0.0776. The average molecular weight is 345 g/mol. The van der Waals surface area contributed by atoms with Gasteiger partial charge in [-0.1, -0.05) is 11.6 Å². The Bertz CT molecular complexity index is 815. The van der Waals surface area contributed by atoms with Crippen LogP contribution in [0.15, 0.2) is 18.2 Å². The van der Waals surface area contributed by atoms with Gasteiger partial charge in [0.05, 0.1) is 17.2 Å². The van der Waals surface area contributed by atoms with Crippen molar-refractivity contribution in [3.8, 4) is 0 Å². The number of hydrogen-bond donors (Lipinski definition) is 1. The van der Waals surface area contributed by atoms with Gasteiger partial charge in [0.15, 0.2) is 9.84 Å². The topological polar surface area (TPSA) is 80.5 Å². The van der Waals surface area contributed by atoms with Crippen molar-refractivity contribution >= 4 is 54.5 Å². The zero-order chi connectivity index (χ0) is 15.2. The summed E-state index contributed by atoms with van der Waals surface area (Å²) in [6.45, 7) is 0.436. The molecule has 0 saturated carbocycles. The van der Waals surface area contributed by atoms with Gasteiger partial charge in [0.1, 0.15) is 4.88 Å². The zero-order valence-electron chi connectivity index (χ0n) is 11.0. The van der Waals surface area contributed by atoms with Crippen LogP contribution in [0.5, 0.6) is 0 Å². The number of nitrogen functional groups attached to an aromatic ring is 1. The second-order valence-electron chi connectivity index (χ2n) is 4.93. The molecule has 2 N–H and O–H groups in total. The maximum atomic E-state index is 12.5. The number of anilines is 1. The third-order valence-corrected chi connectivity index (χ3v) is 6.53. The number of halogens is 1. The number of hydrogen-bond acceptors (Lipinski definition) is 5. The lowest BCUT2D eigenvalue weighted by Crippen LogP contribution is -2.43. The van der Waals surface area contributed by atoms with Crippen molar-refractivity contribution < 1.29 is 13.2 Å². The van der Waals surface area contributed by atoms with E-state index in [4.69, 9.17) is 17.3 Å². The Labute approximate surface area is 131 Å². The molecular formula is C13H13ClN2O3S2. The summed E-state index contributed by atoms with van der Waals surface area (Å²) in [6, 6.07) is 5.32. The molecule has 2 aromatic rings. The number of sulfone groups is 1. The van der Waals surface area contributed by atoms with Crippen molar-refractivity contribution in [2.45, 2.75) is 0 Å². The van der Waals surface area contributed by atoms with Crippen LogP contribution in [0, 0.1) is 0 Å². The van der Waals surface area contributed by atoms with Crippen LogP contribution in [0.1, 0.15) is 9.67 Å². The normalized spacial score (nSPS) is 18.0. The molecule has 1 saturated heterocycles. The molecular weight excluding hydrogens is 332 g/mol. The molecule has 1 aliphatic rings. The van der Waals surface area contributed by atoms with Gasteiger partial charge in [-0.2, -0.15) is 0 Å². The standard InChI is InChI=1S/C13H13ClN2O3S2/c14-8-1-2-10-9(7-8)11(15)12(20-10)13(17)16-3-5-21(18,19)6-4-16/h1-2,7H,3-6,15H2. The number of thiophene rings is 1. The van der Waals surface area contributed by atoms with Crippen molar-refractivity contribution in [3.63, 3.8) is 0 Å². The largest absolute Gasteiger partial charge is 0.397 e. The van der Waals surface area contributed by atoms with Crippen LogP contribution < -0.4 is 5.73 Å². The Morgan fingerprint density at radius 2 is 1.95 bits per heavy atom. The third-order valence-electron chi connectivity index (χ3n) is 3.51. The van der Waals surface area contributed by atoms with E-state index in [-0.39, 0.29) is 30.5 Å². The summed E-state index contributed by atoms with van der Waals surface area (Å²) in [5.41, 5.74) is 6.47. The van der Waals surface area contributed by atoms with Crippen LogP contribution in [-0.4, -0.2) is 43.8 Å². The minimum atomic E-state index is -3.01. The predicted octanol–water partition coefficient (Wildman–Crippen LogP) is 2.01. The number of rotatable bonds is 1. The van der Waals surface area contributed by atoms with Crippen molar-refractivity contribution in [3.05, 3.63) is 28.1 Å². The summed E-state index contributed by atoms with van der Waals surface area (Å²) in [4.78, 5) is 14.5. The van der Waals surface area contributed by atoms with E-state index >= 15 is 0 Å². The molecule has 1 aromatic heterocycles. The fourth-order valence-electron chi connectivity index (χ4n) is 2.31. The van der Waals surface area contributed by atoms with Crippen LogP contribution in [0.2, 0.25) is 5.02 Å². The van der Waals surface area contributed by atoms with Gasteiger partial charge in [-0.25, -0.2) is 8.42 Å². The van der Waals surface area contributed by atoms with Crippen LogP contribution in [0.25, 0.3) is 10.1 Å². The highest BCUT2D eigenvalue weighted by Gasteiger charge is 2.28. The second-order valence-corrected chi connectivity index (χ2v) is 8.72. The Morgan fingerprint density at radius 1 is 1.29 bits per heavy atom. The molecule has 0 aliphatic carbocycles. The summed E-state index contributed by atoms with van der Waals surface area (Å²) in [7, 11) is -3.01. The summed E-state index contributed by atoms with van der Waals surface area (Å²) >= 11 is 7.26. The highest BCUT2D eigenvalue weighted by atomic mass is 35.5. The first kappa shape index (κ1) is 14.6. The lowest BCUT2D eigenvalue weighted by Gasteiger charge is -2.26. The number of nitrogens with two attached hydrogens (primary N) is 1. The van der Waals surface area contributed by atoms with Crippen LogP contribution in [0.4, 0.5) is 5.69 Å². The maximum Gasteiger partial charge on any atom is 0.266 e. The molecule has 0 atom stereocenters. The van der Waals surface area contributed by atoms with Crippen molar-refractivity contribution in [2.75, 3.05) is 30.3 Å². The van der Waals surface area contributed by atoms with E-state index in [9.17, 15) is 13.2 Å². The van der Waals surface area contributed by atoms with Crippen LogP contribution in [-0.2, 0) is 9.84 Å². The quantitative estimate of drug-likeness (QED) is 0.858. The molecule has 1 aromatic carbocycles. The van der Waals surface area contributed by atoms with Crippen LogP contribution >= 0.6 is 22.9 Å². The molecule has 5 nitrogen and oxygen atoms in total. The van der Waals surface area contributed by atoms with E-state index in [2.05, 4.69) is 0 Å². The summed E-state index contributed by atoms with van der Waals surface area (Å²) < 4.78 is 23.7. The summed E-state index contributed by atoms with van der Waals surface area (Å²) in [5.74, 6) is -0.190. The van der Waals surface area contributed by atoms with Crippen molar-refractivity contribution in [2.24, 2.45) is 0 Å². The molecule has 2 heterocycles. The first-order valence-electron chi connectivity index (χ1n) is 6.34. The van der Waals surface area contributed by atoms with E-state index in [0.29, 0.717) is 15.6 Å². The molecule has 8 heteroatoms. The van der Waals surface area contributed by atoms with Crippen molar-refractivity contribution in [1.82, 2.24) is 4.90 Å². The SMILES string of the molecule is Nc1c(C(=O)N2CCS(=O)(=O)CC2)sc2ccc(Cl)cc12. The van der Waals surface area contributed by atoms with E-state index in [1.165, 1.54) is 11.3 Å². The fourth-order valence-corrected chi connectivity index (χ4v) is 4.75. The second kappa shape index (κ2) is 5.15. The number of amides is 1. The number of benzene rings is 1. The highest BCUT2D eigenvalue weighted by Crippen LogP contribution is 2.36. The van der Waals surface area contributed by atoms with E-state index in [1.807, 2.05) is 6.07 Å². The van der Waals surface area contributed by atoms with Gasteiger partial charge in [-0.05, 0) is 18.2 Å². The van der Waals surface area contributed by atoms with Gasteiger partial charge in [-0.15, -0.1) is 11.3 Å². The first-order chi connectivity index (χ1) is 9.87. The lowest BCUT2D eigenvalue weighted by atomic mass is 10.2. The maximum absolute atomic E-state index is 12.5. The van der Waals surface area contributed by atoms with Gasteiger partial charge >= 0.3 is 0 Å². The fraction of sp³-hybridized carbons (Fsp3) is 0.308. The average Bonchev–Trinajstić information content (AvgIpc) is 2.75. The van der Waals surface area contributed by atoms with Gasteiger partial charge in [0.25, 0.3) is 5.91 Å². The molecule has 0 bridgehead atoms. The third kappa shape index (κ3) is 2.73. The van der Waals surface area contributed by atoms with Gasteiger partial charge in [-0.3, -0.25) is 4.79 Å². The first-order valence-corrected chi connectivity index (χ1v) is 9.36. The molecule has 112 valence electrons. The van der Waals surface area contributed by atoms with Crippen molar-refractivity contribution in [1.29, 1.82) is 0 Å². The molecule has 1 amide bonds. The smallest absolute Gasteiger partial charge is 0.266 e. The van der Waals surface area contributed by atoms with Gasteiger partial charge in [0, 0.05) is 28.2 Å². The molecule has 1 fully saturated rings. The number of nitrogens with zero attached hydrogens (tertiary/aromatic N) is 1. The Kier molecular flexibility index (Phi) is 3.59. The molecule has 21 heavy (non-hydrogen) atoms. The molecule has 0 radical (unpaired) electrons. The molecule has 1 aliphatic heterocycles.